The molecule has 50 valence electrons. The zero-order chi connectivity index (χ0) is 7.11. The molecule has 9 heavy (non-hydrogen) atoms. The van der Waals surface area contributed by atoms with Crippen molar-refractivity contribution in [2.24, 2.45) is 0 Å². The van der Waals surface area contributed by atoms with Gasteiger partial charge in [-0.3, -0.25) is 0 Å². The fourth-order valence-electron chi connectivity index (χ4n) is 0.199. The molecule has 0 fully saturated rings. The topological polar surface area (TPSA) is 35.5 Å². The molecule has 0 aliphatic rings. The van der Waals surface area contributed by atoms with Crippen molar-refractivity contribution in [1.29, 1.82) is 0 Å². The predicted octanol–water partition coefficient (Wildman–Crippen LogP) is 1.47. The van der Waals surface area contributed by atoms with E-state index in [2.05, 4.69) is 16.1 Å². The average molecular weight is 128 g/mol. The van der Waals surface area contributed by atoms with E-state index in [0.29, 0.717) is 0 Å². The van der Waals surface area contributed by atoms with Crippen LogP contribution >= 0.6 is 0 Å². The van der Waals surface area contributed by atoms with Crippen LogP contribution in [0.1, 0.15) is 0 Å². The van der Waals surface area contributed by atoms with E-state index in [9.17, 15) is 4.79 Å². The molecule has 0 radical (unpaired) electrons. The van der Waals surface area contributed by atoms with Gasteiger partial charge in [0.2, 0.25) is 0 Å². The zero-order valence-corrected chi connectivity index (χ0v) is 5.16. The quantitative estimate of drug-likeness (QED) is 0.321. The Morgan fingerprint density at radius 1 is 1.67 bits per heavy atom. The van der Waals surface area contributed by atoms with E-state index in [4.69, 9.17) is 0 Å². The maximum Gasteiger partial charge on any atom is 0.512 e. The first-order valence-corrected chi connectivity index (χ1v) is 2.33. The molecule has 0 heterocycles. The minimum absolute atomic E-state index is 0.729. The molecule has 0 spiro atoms. The third-order valence-corrected chi connectivity index (χ3v) is 0.546. The summed E-state index contributed by atoms with van der Waals surface area (Å²) in [5, 5.41) is 0. The van der Waals surface area contributed by atoms with Crippen molar-refractivity contribution in [3.05, 3.63) is 25.0 Å². The van der Waals surface area contributed by atoms with E-state index in [1.165, 1.54) is 25.5 Å². The second kappa shape index (κ2) is 4.90. The van der Waals surface area contributed by atoms with Crippen LogP contribution in [-0.2, 0) is 9.47 Å². The monoisotopic (exact) mass is 128 g/mol. The molecule has 0 aromatic rings. The van der Waals surface area contributed by atoms with Crippen molar-refractivity contribution < 1.29 is 14.3 Å². The van der Waals surface area contributed by atoms with Gasteiger partial charge >= 0.3 is 6.16 Å². The second-order valence-corrected chi connectivity index (χ2v) is 1.14. The van der Waals surface area contributed by atoms with Crippen LogP contribution in [0.25, 0.3) is 0 Å². The molecule has 3 nitrogen and oxygen atoms in total. The highest BCUT2D eigenvalue weighted by Gasteiger charge is 1.92. The summed E-state index contributed by atoms with van der Waals surface area (Å²) >= 11 is 0. The van der Waals surface area contributed by atoms with Crippen LogP contribution in [0, 0.1) is 0 Å². The van der Waals surface area contributed by atoms with Gasteiger partial charge in [-0.2, -0.15) is 0 Å². The number of methoxy groups -OCH3 is 1. The lowest BCUT2D eigenvalue weighted by molar-refractivity contribution is 0.106. The van der Waals surface area contributed by atoms with Crippen LogP contribution in [0.5, 0.6) is 0 Å². The third kappa shape index (κ3) is 4.61. The Labute approximate surface area is 53.6 Å². The third-order valence-electron chi connectivity index (χ3n) is 0.546. The van der Waals surface area contributed by atoms with Gasteiger partial charge in [0.1, 0.15) is 0 Å². The van der Waals surface area contributed by atoms with E-state index < -0.39 is 6.16 Å². The molecule has 0 rings (SSSR count). The van der Waals surface area contributed by atoms with Gasteiger partial charge < -0.3 is 9.47 Å². The van der Waals surface area contributed by atoms with Gasteiger partial charge in [0.05, 0.1) is 13.4 Å². The van der Waals surface area contributed by atoms with Crippen LogP contribution in [-0.4, -0.2) is 13.3 Å². The highest BCUT2D eigenvalue weighted by atomic mass is 16.7. The zero-order valence-electron chi connectivity index (χ0n) is 5.16. The van der Waals surface area contributed by atoms with E-state index in [0.717, 1.165) is 0 Å². The average Bonchev–Trinajstić information content (AvgIpc) is 1.89. The van der Waals surface area contributed by atoms with E-state index in [1.807, 2.05) is 0 Å². The lowest BCUT2D eigenvalue weighted by Gasteiger charge is -1.92. The largest absolute Gasteiger partial charge is 0.512 e. The predicted molar refractivity (Wildman–Crippen MR) is 32.8 cm³/mol. The maximum absolute atomic E-state index is 10.2. The molecule has 0 aromatic carbocycles. The van der Waals surface area contributed by atoms with E-state index in [1.54, 1.807) is 0 Å². The van der Waals surface area contributed by atoms with Crippen molar-refractivity contribution in [1.82, 2.24) is 0 Å². The fourth-order valence-corrected chi connectivity index (χ4v) is 0.199. The van der Waals surface area contributed by atoms with E-state index in [-0.39, 0.29) is 0 Å². The maximum atomic E-state index is 10.2. The number of ether oxygens (including phenoxy) is 2. The molecule has 0 aliphatic carbocycles. The molecule has 3 heteroatoms. The Morgan fingerprint density at radius 3 is 2.78 bits per heavy atom. The molecule has 0 bridgehead atoms. The van der Waals surface area contributed by atoms with Gasteiger partial charge in [0.15, 0.2) is 0 Å². The van der Waals surface area contributed by atoms with Crippen molar-refractivity contribution in [3.8, 4) is 0 Å². The molecule has 0 amide bonds. The van der Waals surface area contributed by atoms with Crippen LogP contribution in [0.3, 0.4) is 0 Å². The summed E-state index contributed by atoms with van der Waals surface area (Å²) in [6, 6.07) is 0. The molecular formula is C6H8O3. The minimum Gasteiger partial charge on any atom is -0.437 e. The second-order valence-electron chi connectivity index (χ2n) is 1.14. The van der Waals surface area contributed by atoms with Crippen LogP contribution in [0.4, 0.5) is 4.79 Å². The Morgan fingerprint density at radius 2 is 2.33 bits per heavy atom. The van der Waals surface area contributed by atoms with Gasteiger partial charge in [-0.15, -0.1) is 0 Å². The summed E-state index contributed by atoms with van der Waals surface area (Å²) in [5.74, 6) is 0. The van der Waals surface area contributed by atoms with E-state index >= 15 is 0 Å². The molecule has 0 N–H and O–H groups in total. The summed E-state index contributed by atoms with van der Waals surface area (Å²) in [6.07, 6.45) is 3.44. The van der Waals surface area contributed by atoms with Crippen molar-refractivity contribution in [2.45, 2.75) is 0 Å². The molecular weight excluding hydrogens is 120 g/mol. The number of carbonyl (C=O) groups is 1. The van der Waals surface area contributed by atoms with Crippen molar-refractivity contribution in [2.75, 3.05) is 7.11 Å². The molecule has 0 saturated heterocycles. The summed E-state index contributed by atoms with van der Waals surface area (Å²) in [7, 11) is 1.24. The van der Waals surface area contributed by atoms with Gasteiger partial charge in [0.25, 0.3) is 0 Å². The Hall–Kier alpha value is -1.25. The number of hydrogen-bond donors (Lipinski definition) is 0. The SMILES string of the molecule is C=CC=COC(=O)OC. The number of rotatable bonds is 2. The van der Waals surface area contributed by atoms with Gasteiger partial charge in [0, 0.05) is 0 Å². The van der Waals surface area contributed by atoms with Crippen LogP contribution in [0.2, 0.25) is 0 Å². The number of hydrogen-bond acceptors (Lipinski definition) is 3. The first-order chi connectivity index (χ1) is 4.31. The van der Waals surface area contributed by atoms with Gasteiger partial charge in [-0.05, 0) is 6.08 Å². The number of carbonyl (C=O) groups excluding carboxylic acids is 1. The highest BCUT2D eigenvalue weighted by molar-refractivity contribution is 5.60. The van der Waals surface area contributed by atoms with Gasteiger partial charge in [-0.25, -0.2) is 4.79 Å². The summed E-state index contributed by atoms with van der Waals surface area (Å²) < 4.78 is 8.47. The molecule has 0 aromatic heterocycles. The Bertz CT molecular complexity index is 126. The van der Waals surface area contributed by atoms with Crippen molar-refractivity contribution in [3.63, 3.8) is 0 Å². The van der Waals surface area contributed by atoms with Crippen LogP contribution < -0.4 is 0 Å². The molecule has 0 aliphatic heterocycles. The first-order valence-electron chi connectivity index (χ1n) is 2.33. The lowest BCUT2D eigenvalue weighted by atomic mass is 10.6. The first kappa shape index (κ1) is 7.75. The Kier molecular flexibility index (Phi) is 4.22. The fraction of sp³-hybridized carbons (Fsp3) is 0.167. The van der Waals surface area contributed by atoms with Gasteiger partial charge in [-0.1, -0.05) is 12.7 Å². The molecule has 0 atom stereocenters. The Balaban J connectivity index is 3.37. The minimum atomic E-state index is -0.729. The summed E-state index contributed by atoms with van der Waals surface area (Å²) in [5.41, 5.74) is 0. The summed E-state index contributed by atoms with van der Waals surface area (Å²) in [6.45, 7) is 3.36. The summed E-state index contributed by atoms with van der Waals surface area (Å²) in [4.78, 5) is 10.2. The number of allylic oxidation sites excluding steroid dienone is 2. The normalized spacial score (nSPS) is 9.00. The lowest BCUT2D eigenvalue weighted by Crippen LogP contribution is -1.97. The van der Waals surface area contributed by atoms with Crippen LogP contribution in [0.15, 0.2) is 25.0 Å². The molecule has 0 saturated carbocycles. The highest BCUT2D eigenvalue weighted by Crippen LogP contribution is 1.82. The standard InChI is InChI=1S/C6H8O3/c1-3-4-5-9-6(7)8-2/h3-5H,1H2,2H3. The van der Waals surface area contributed by atoms with Crippen molar-refractivity contribution >= 4 is 6.16 Å². The molecule has 0 unspecified atom stereocenters. The smallest absolute Gasteiger partial charge is 0.437 e.